The van der Waals surface area contributed by atoms with E-state index in [1.807, 2.05) is 51.1 Å². The monoisotopic (exact) mass is 650 g/mol. The minimum absolute atomic E-state index is 0. The lowest BCUT2D eigenvalue weighted by atomic mass is 9.94. The zero-order valence-corrected chi connectivity index (χ0v) is 27.5. The fourth-order valence-corrected chi connectivity index (χ4v) is 6.28. The normalized spacial score (nSPS) is 24.7. The quantitative estimate of drug-likeness (QED) is 0.204. The second kappa shape index (κ2) is 15.6. The number of hydrogen-bond donors (Lipinski definition) is 5. The predicted molar refractivity (Wildman–Crippen MR) is 160 cm³/mol. The van der Waals surface area contributed by atoms with Crippen LogP contribution in [-0.2, 0) is 16.1 Å². The SMILES string of the molecule is CC(C)(C)NCC(O)c1ccc(O)c(CO)c1.CC(C)[N+]1(C)C2CCC1CC(OC(=O)C(CO)c1ccccc1)C2.[Br-]. The first-order valence-electron chi connectivity index (χ1n) is 14.9. The molecular weight excluding hydrogens is 600 g/mol. The van der Waals surface area contributed by atoms with Gasteiger partial charge in [-0.3, -0.25) is 4.79 Å². The number of halogens is 1. The molecular formula is C33H51BrN2O6. The minimum Gasteiger partial charge on any atom is -1.00 e. The van der Waals surface area contributed by atoms with E-state index in [0.29, 0.717) is 35.8 Å². The van der Waals surface area contributed by atoms with E-state index in [1.54, 1.807) is 12.1 Å². The number of quaternary nitrogens is 1. The van der Waals surface area contributed by atoms with Gasteiger partial charge in [-0.2, -0.15) is 0 Å². The molecule has 2 aliphatic heterocycles. The zero-order valence-electron chi connectivity index (χ0n) is 26.0. The average Bonchev–Trinajstić information content (AvgIpc) is 3.09. The number of esters is 1. The molecule has 236 valence electrons. The van der Waals surface area contributed by atoms with Crippen molar-refractivity contribution in [3.05, 3.63) is 65.2 Å². The highest BCUT2D eigenvalue weighted by Crippen LogP contribution is 2.44. The molecule has 4 atom stereocenters. The van der Waals surface area contributed by atoms with Gasteiger partial charge in [-0.1, -0.05) is 36.4 Å². The van der Waals surface area contributed by atoms with Crippen molar-refractivity contribution in [3.8, 4) is 5.75 Å². The van der Waals surface area contributed by atoms with Crippen LogP contribution in [0.4, 0.5) is 0 Å². The molecule has 8 nitrogen and oxygen atoms in total. The Morgan fingerprint density at radius 1 is 1.02 bits per heavy atom. The summed E-state index contributed by atoms with van der Waals surface area (Å²) in [5.41, 5.74) is 1.88. The van der Waals surface area contributed by atoms with Crippen LogP contribution in [0, 0.1) is 0 Å². The lowest BCUT2D eigenvalue weighted by Crippen LogP contribution is -3.00. The van der Waals surface area contributed by atoms with E-state index in [2.05, 4.69) is 26.2 Å². The number of hydrogen-bond acceptors (Lipinski definition) is 7. The third kappa shape index (κ3) is 9.00. The molecule has 2 heterocycles. The zero-order chi connectivity index (χ0) is 30.4. The summed E-state index contributed by atoms with van der Waals surface area (Å²) in [6, 6.07) is 16.0. The fourth-order valence-electron chi connectivity index (χ4n) is 6.28. The number of phenols is 1. The molecule has 2 fully saturated rings. The number of piperidine rings is 1. The molecule has 2 bridgehead atoms. The number of aliphatic hydroxyl groups is 3. The maximum Gasteiger partial charge on any atom is 0.316 e. The van der Waals surface area contributed by atoms with E-state index in [1.165, 1.54) is 18.9 Å². The van der Waals surface area contributed by atoms with Gasteiger partial charge in [-0.25, -0.2) is 0 Å². The van der Waals surface area contributed by atoms with Crippen molar-refractivity contribution in [2.45, 2.75) is 109 Å². The summed E-state index contributed by atoms with van der Waals surface area (Å²) in [5.74, 6) is -0.808. The van der Waals surface area contributed by atoms with Gasteiger partial charge in [-0.15, -0.1) is 0 Å². The first kappa shape index (κ1) is 36.2. The summed E-state index contributed by atoms with van der Waals surface area (Å²) in [5, 5.41) is 41.3. The van der Waals surface area contributed by atoms with Crippen LogP contribution in [0.3, 0.4) is 0 Å². The van der Waals surface area contributed by atoms with Crippen LogP contribution in [0.2, 0.25) is 0 Å². The number of benzene rings is 2. The van der Waals surface area contributed by atoms with Crippen LogP contribution in [0.15, 0.2) is 48.5 Å². The number of aromatic hydroxyl groups is 1. The molecule has 0 spiro atoms. The van der Waals surface area contributed by atoms with Crippen molar-refractivity contribution in [1.29, 1.82) is 0 Å². The summed E-state index contributed by atoms with van der Waals surface area (Å²) in [6.45, 7) is 10.7. The maximum absolute atomic E-state index is 12.6. The molecule has 0 aromatic heterocycles. The number of carbonyl (C=O) groups is 1. The van der Waals surface area contributed by atoms with Gasteiger partial charge in [0.05, 0.1) is 44.5 Å². The Bertz CT molecular complexity index is 1110. The van der Waals surface area contributed by atoms with E-state index in [9.17, 15) is 20.1 Å². The molecule has 42 heavy (non-hydrogen) atoms. The van der Waals surface area contributed by atoms with Crippen molar-refractivity contribution >= 4 is 5.97 Å². The Morgan fingerprint density at radius 3 is 2.12 bits per heavy atom. The number of nitrogens with zero attached hydrogens (tertiary/aromatic N) is 1. The number of fused-ring (bicyclic) bond motifs is 2. The number of carbonyl (C=O) groups excluding carboxylic acids is 1. The third-order valence-electron chi connectivity index (χ3n) is 9.03. The molecule has 2 aromatic rings. The second-order valence-corrected chi connectivity index (χ2v) is 13.1. The number of nitrogens with one attached hydrogen (secondary N) is 1. The maximum atomic E-state index is 12.6. The van der Waals surface area contributed by atoms with Gasteiger partial charge in [0.1, 0.15) is 17.8 Å². The van der Waals surface area contributed by atoms with Crippen LogP contribution in [-0.4, -0.2) is 80.8 Å². The molecule has 0 radical (unpaired) electrons. The fraction of sp³-hybridized carbons (Fsp3) is 0.606. The van der Waals surface area contributed by atoms with Gasteiger partial charge >= 0.3 is 5.97 Å². The summed E-state index contributed by atoms with van der Waals surface area (Å²) in [6.07, 6.45) is 3.71. The summed E-state index contributed by atoms with van der Waals surface area (Å²) in [4.78, 5) is 12.6. The lowest BCUT2D eigenvalue weighted by molar-refractivity contribution is -0.968. The smallest absolute Gasteiger partial charge is 0.316 e. The molecule has 0 saturated carbocycles. The molecule has 2 saturated heterocycles. The van der Waals surface area contributed by atoms with E-state index >= 15 is 0 Å². The van der Waals surface area contributed by atoms with Crippen molar-refractivity contribution in [2.75, 3.05) is 20.2 Å². The van der Waals surface area contributed by atoms with E-state index in [-0.39, 0.29) is 53.6 Å². The number of ether oxygens (including phenoxy) is 1. The Labute approximate surface area is 262 Å². The predicted octanol–water partition coefficient (Wildman–Crippen LogP) is 1.16. The molecule has 4 rings (SSSR count). The van der Waals surface area contributed by atoms with Gasteiger partial charge in [0.25, 0.3) is 0 Å². The van der Waals surface area contributed by atoms with Gasteiger partial charge in [0.2, 0.25) is 0 Å². The van der Waals surface area contributed by atoms with Crippen LogP contribution >= 0.6 is 0 Å². The highest BCUT2D eigenvalue weighted by Gasteiger charge is 2.53. The first-order valence-corrected chi connectivity index (χ1v) is 14.9. The standard InChI is InChI=1S/C20H30NO3.C13H21NO3.BrH/c1-14(2)21(3)16-9-10-17(21)12-18(11-16)24-20(23)19(13-22)15-7-5-4-6-8-15;1-13(2,3)14-7-12(17)9-4-5-11(16)10(6-9)8-15;/h4-8,14,16-19,22H,9-13H2,1-3H3;4-6,12,14-17H,7-8H2,1-3H3;1H/q+1;;/p-1. The lowest BCUT2D eigenvalue weighted by Gasteiger charge is -2.49. The minimum atomic E-state index is -0.653. The first-order chi connectivity index (χ1) is 19.3. The van der Waals surface area contributed by atoms with E-state index < -0.39 is 12.0 Å². The van der Waals surface area contributed by atoms with Gasteiger partial charge in [0.15, 0.2) is 0 Å². The van der Waals surface area contributed by atoms with Crippen LogP contribution in [0.5, 0.6) is 5.75 Å². The molecule has 5 N–H and O–H groups in total. The number of aliphatic hydroxyl groups excluding tert-OH is 3. The summed E-state index contributed by atoms with van der Waals surface area (Å²) in [7, 11) is 2.37. The van der Waals surface area contributed by atoms with Gasteiger partial charge < -0.3 is 51.9 Å². The average molecular weight is 652 g/mol. The van der Waals surface area contributed by atoms with Crippen molar-refractivity contribution in [1.82, 2.24) is 5.32 Å². The molecule has 0 amide bonds. The van der Waals surface area contributed by atoms with Crippen molar-refractivity contribution in [2.24, 2.45) is 0 Å². The molecule has 2 aromatic carbocycles. The second-order valence-electron chi connectivity index (χ2n) is 13.1. The molecule has 4 unspecified atom stereocenters. The number of rotatable bonds is 9. The van der Waals surface area contributed by atoms with Crippen molar-refractivity contribution in [3.63, 3.8) is 0 Å². The Hall–Kier alpha value is -2.01. The number of β-amino-alcohol motifs (C(OH)–C–C–N with tert-alkyl or cyclic N) is 1. The summed E-state index contributed by atoms with van der Waals surface area (Å²) >= 11 is 0. The Balaban J connectivity index is 0.000000305. The molecule has 2 aliphatic rings. The van der Waals surface area contributed by atoms with E-state index in [0.717, 1.165) is 22.9 Å². The topological polar surface area (TPSA) is 119 Å². The highest BCUT2D eigenvalue weighted by molar-refractivity contribution is 5.78. The molecule has 0 aliphatic carbocycles. The highest BCUT2D eigenvalue weighted by atomic mass is 79.9. The van der Waals surface area contributed by atoms with Gasteiger partial charge in [-0.05, 0) is 57.9 Å². The Morgan fingerprint density at radius 2 is 1.62 bits per heavy atom. The van der Waals surface area contributed by atoms with E-state index in [4.69, 9.17) is 9.84 Å². The third-order valence-corrected chi connectivity index (χ3v) is 9.03. The Kier molecular flexibility index (Phi) is 13.5. The van der Waals surface area contributed by atoms with Gasteiger partial charge in [0, 0.05) is 43.3 Å². The van der Waals surface area contributed by atoms with Crippen LogP contribution in [0.1, 0.15) is 89.0 Å². The van der Waals surface area contributed by atoms with Crippen LogP contribution in [0.25, 0.3) is 0 Å². The summed E-state index contributed by atoms with van der Waals surface area (Å²) < 4.78 is 6.96. The van der Waals surface area contributed by atoms with Crippen LogP contribution < -0.4 is 22.3 Å². The molecule has 9 heteroatoms. The van der Waals surface area contributed by atoms with Crippen molar-refractivity contribution < 1.29 is 51.4 Å². The largest absolute Gasteiger partial charge is 1.00 e.